The van der Waals surface area contributed by atoms with Gasteiger partial charge in [0.15, 0.2) is 0 Å². The smallest absolute Gasteiger partial charge is 0.319 e. The van der Waals surface area contributed by atoms with Crippen molar-refractivity contribution in [3.8, 4) is 0 Å². The topological polar surface area (TPSA) is 91.3 Å². The highest BCUT2D eigenvalue weighted by Gasteiger charge is 2.15. The average molecular weight is 428 g/mol. The Hall–Kier alpha value is -2.87. The average Bonchev–Trinajstić information content (AvgIpc) is 2.67. The number of nitrogens with one attached hydrogen (secondary N) is 2. The fourth-order valence-electron chi connectivity index (χ4n) is 3.34. The zero-order valence-corrected chi connectivity index (χ0v) is 17.0. The summed E-state index contributed by atoms with van der Waals surface area (Å²) in [6.07, 6.45) is -0.836. The maximum Gasteiger partial charge on any atom is 0.319 e. The van der Waals surface area contributed by atoms with Crippen molar-refractivity contribution in [2.75, 3.05) is 10.0 Å². The molecule has 0 saturated carbocycles. The van der Waals surface area contributed by atoms with Crippen molar-refractivity contribution >= 4 is 58.8 Å². The van der Waals surface area contributed by atoms with Crippen LogP contribution in [0.2, 0.25) is 0 Å². The predicted octanol–water partition coefficient (Wildman–Crippen LogP) is 5.08. The lowest BCUT2D eigenvalue weighted by Gasteiger charge is -2.18. The Labute approximate surface area is 172 Å². The summed E-state index contributed by atoms with van der Waals surface area (Å²) < 4.78 is 24.9. The number of para-hydroxylation sites is 2. The third kappa shape index (κ3) is 4.12. The van der Waals surface area contributed by atoms with E-state index in [9.17, 15) is 13.5 Å². The summed E-state index contributed by atoms with van der Waals surface area (Å²) in [6, 6.07) is 20.4. The van der Waals surface area contributed by atoms with Crippen molar-refractivity contribution in [2.24, 2.45) is 0 Å². The molecule has 0 bridgehead atoms. The molecular weight excluding hydrogens is 410 g/mol. The monoisotopic (exact) mass is 427 g/mol. The number of benzene rings is 3. The second-order valence-corrected chi connectivity index (χ2v) is 8.96. The number of halogens is 1. The molecular formula is C21H18ClN3O3S. The van der Waals surface area contributed by atoms with Crippen LogP contribution >= 0.6 is 10.7 Å². The Morgan fingerprint density at radius 3 is 2.10 bits per heavy atom. The maximum atomic E-state index is 11.3. The van der Waals surface area contributed by atoms with Gasteiger partial charge in [0.05, 0.1) is 28.5 Å². The molecule has 1 aromatic heterocycles. The van der Waals surface area contributed by atoms with Crippen molar-refractivity contribution in [3.63, 3.8) is 0 Å². The van der Waals surface area contributed by atoms with Gasteiger partial charge in [-0.2, -0.15) is 8.42 Å². The van der Waals surface area contributed by atoms with E-state index in [0.29, 0.717) is 11.3 Å². The van der Waals surface area contributed by atoms with Crippen LogP contribution < -0.4 is 10.0 Å². The van der Waals surface area contributed by atoms with E-state index in [1.165, 1.54) is 0 Å². The second kappa shape index (κ2) is 7.51. The summed E-state index contributed by atoms with van der Waals surface area (Å²) in [6.45, 7) is 1.61. The zero-order chi connectivity index (χ0) is 20.6. The minimum absolute atomic E-state index is 0.269. The highest BCUT2D eigenvalue weighted by Crippen LogP contribution is 2.36. The molecule has 1 unspecified atom stereocenters. The fraction of sp³-hybridized carbons (Fsp3) is 0.0952. The number of hydrogen-bond donors (Lipinski definition) is 3. The standard InChI is InChI=1S/C21H18ClN3O3S/c1-13(26)17-12-14(25-29(22,27)28)10-11-20(17)24-21-15-6-2-4-8-18(15)23-19-9-5-3-7-16(19)21/h2-13,25-26H,1H3,(H,23,24). The normalized spacial score (nSPS) is 12.8. The van der Waals surface area contributed by atoms with E-state index in [-0.39, 0.29) is 5.69 Å². The van der Waals surface area contributed by atoms with Gasteiger partial charge in [0.25, 0.3) is 0 Å². The van der Waals surface area contributed by atoms with E-state index < -0.39 is 15.3 Å². The number of anilines is 3. The molecule has 4 rings (SSSR count). The van der Waals surface area contributed by atoms with Gasteiger partial charge in [-0.3, -0.25) is 4.72 Å². The molecule has 0 aliphatic carbocycles. The number of hydrogen-bond acceptors (Lipinski definition) is 5. The summed E-state index contributed by atoms with van der Waals surface area (Å²) in [4.78, 5) is 4.71. The van der Waals surface area contributed by atoms with Crippen molar-refractivity contribution < 1.29 is 13.5 Å². The molecule has 1 heterocycles. The van der Waals surface area contributed by atoms with Crippen LogP contribution in [0, 0.1) is 0 Å². The Bertz CT molecular complexity index is 1270. The van der Waals surface area contributed by atoms with Gasteiger partial charge in [0.1, 0.15) is 0 Å². The zero-order valence-electron chi connectivity index (χ0n) is 15.4. The van der Waals surface area contributed by atoms with E-state index in [2.05, 4.69) is 10.0 Å². The Morgan fingerprint density at radius 2 is 1.55 bits per heavy atom. The van der Waals surface area contributed by atoms with Crippen molar-refractivity contribution in [1.29, 1.82) is 0 Å². The Kier molecular flexibility index (Phi) is 5.04. The molecule has 0 radical (unpaired) electrons. The molecule has 0 aliphatic rings. The lowest BCUT2D eigenvalue weighted by Crippen LogP contribution is -2.07. The number of aliphatic hydroxyl groups is 1. The second-order valence-electron chi connectivity index (χ2n) is 6.66. The summed E-state index contributed by atoms with van der Waals surface area (Å²) >= 11 is 0. The number of aromatic nitrogens is 1. The number of nitrogens with zero attached hydrogens (tertiary/aromatic N) is 1. The summed E-state index contributed by atoms with van der Waals surface area (Å²) in [5, 5.41) is 15.6. The van der Waals surface area contributed by atoms with Gasteiger partial charge in [0.2, 0.25) is 0 Å². The van der Waals surface area contributed by atoms with Crippen LogP contribution in [0.4, 0.5) is 17.1 Å². The fourth-order valence-corrected chi connectivity index (χ4v) is 4.01. The van der Waals surface area contributed by atoms with E-state index in [1.807, 2.05) is 48.5 Å². The van der Waals surface area contributed by atoms with Crippen LogP contribution in [-0.4, -0.2) is 18.5 Å². The molecule has 4 aromatic rings. The molecule has 6 nitrogen and oxygen atoms in total. The van der Waals surface area contributed by atoms with Gasteiger partial charge < -0.3 is 10.4 Å². The molecule has 1 atom stereocenters. The molecule has 3 aromatic carbocycles. The SMILES string of the molecule is CC(O)c1cc(NS(=O)(=O)Cl)ccc1Nc1c2ccccc2nc2ccccc12. The van der Waals surface area contributed by atoms with Gasteiger partial charge in [-0.25, -0.2) is 4.98 Å². The van der Waals surface area contributed by atoms with E-state index >= 15 is 0 Å². The lowest BCUT2D eigenvalue weighted by molar-refractivity contribution is 0.200. The van der Waals surface area contributed by atoms with Crippen LogP contribution in [0.1, 0.15) is 18.6 Å². The number of rotatable bonds is 5. The third-order valence-electron chi connectivity index (χ3n) is 4.59. The molecule has 8 heteroatoms. The first kappa shape index (κ1) is 19.4. The maximum absolute atomic E-state index is 11.3. The number of fused-ring (bicyclic) bond motifs is 2. The first-order valence-electron chi connectivity index (χ1n) is 8.91. The van der Waals surface area contributed by atoms with Crippen LogP contribution in [-0.2, 0) is 9.24 Å². The van der Waals surface area contributed by atoms with Gasteiger partial charge >= 0.3 is 9.24 Å². The largest absolute Gasteiger partial charge is 0.389 e. The van der Waals surface area contributed by atoms with Gasteiger partial charge in [-0.15, -0.1) is 0 Å². The Morgan fingerprint density at radius 1 is 0.966 bits per heavy atom. The molecule has 148 valence electrons. The number of aliphatic hydroxyl groups excluding tert-OH is 1. The van der Waals surface area contributed by atoms with E-state index in [0.717, 1.165) is 27.5 Å². The summed E-state index contributed by atoms with van der Waals surface area (Å²) in [7, 11) is 1.34. The van der Waals surface area contributed by atoms with Crippen molar-refractivity contribution in [2.45, 2.75) is 13.0 Å². The Balaban J connectivity index is 1.88. The van der Waals surface area contributed by atoms with Crippen LogP contribution in [0.3, 0.4) is 0 Å². The van der Waals surface area contributed by atoms with Crippen molar-refractivity contribution in [1.82, 2.24) is 4.98 Å². The minimum atomic E-state index is -3.94. The van der Waals surface area contributed by atoms with Gasteiger partial charge in [-0.05, 0) is 37.3 Å². The molecule has 0 aliphatic heterocycles. The van der Waals surface area contributed by atoms with Gasteiger partial charge in [0, 0.05) is 32.7 Å². The highest BCUT2D eigenvalue weighted by atomic mass is 35.7. The van der Waals surface area contributed by atoms with Crippen LogP contribution in [0.25, 0.3) is 21.8 Å². The molecule has 0 saturated heterocycles. The molecule has 0 spiro atoms. The van der Waals surface area contributed by atoms with Crippen molar-refractivity contribution in [3.05, 3.63) is 72.3 Å². The van der Waals surface area contributed by atoms with E-state index in [4.69, 9.17) is 15.7 Å². The summed E-state index contributed by atoms with van der Waals surface area (Å²) in [5.74, 6) is 0. The lowest BCUT2D eigenvalue weighted by atomic mass is 10.0. The van der Waals surface area contributed by atoms with Crippen LogP contribution in [0.5, 0.6) is 0 Å². The predicted molar refractivity (Wildman–Crippen MR) is 118 cm³/mol. The molecule has 0 fully saturated rings. The quantitative estimate of drug-likeness (QED) is 0.305. The van der Waals surface area contributed by atoms with Gasteiger partial charge in [-0.1, -0.05) is 36.4 Å². The molecule has 29 heavy (non-hydrogen) atoms. The minimum Gasteiger partial charge on any atom is -0.389 e. The third-order valence-corrected chi connectivity index (χ3v) is 5.30. The number of pyridine rings is 1. The molecule has 0 amide bonds. The highest BCUT2D eigenvalue weighted by molar-refractivity contribution is 8.14. The first-order valence-corrected chi connectivity index (χ1v) is 11.2. The van der Waals surface area contributed by atoms with E-state index in [1.54, 1.807) is 25.1 Å². The van der Waals surface area contributed by atoms with Crippen LogP contribution in [0.15, 0.2) is 66.7 Å². The summed E-state index contributed by atoms with van der Waals surface area (Å²) in [5.41, 5.74) is 4.00. The molecule has 3 N–H and O–H groups in total. The first-order chi connectivity index (χ1) is 13.8.